The predicted octanol–water partition coefficient (Wildman–Crippen LogP) is 5.86. The van der Waals surface area contributed by atoms with Crippen molar-refractivity contribution in [3.05, 3.63) is 74.8 Å². The standard InChI is InChI=1S/C26H25Cl2N5/c1-3-20-17(2)21(15-29)25-30-23-6-4-5-7-24(23)33(25)26(20)32-12-10-31(11-13-32)16-18-8-9-19(27)14-22(18)28/h4-9,14H,3,10-13,16H2,1-2H3. The van der Waals surface area contributed by atoms with Gasteiger partial charge in [-0.2, -0.15) is 5.26 Å². The number of pyridine rings is 1. The molecule has 1 aliphatic rings. The molecule has 5 rings (SSSR count). The SMILES string of the molecule is CCc1c(C)c(C#N)c2nc3ccccc3n2c1N1CCN(Cc2ccc(Cl)cc2Cl)CC1. The Balaban J connectivity index is 1.52. The third kappa shape index (κ3) is 3.83. The third-order valence-electron chi connectivity index (χ3n) is 6.64. The summed E-state index contributed by atoms with van der Waals surface area (Å²) in [5, 5.41) is 11.3. The first-order valence-electron chi connectivity index (χ1n) is 11.3. The molecule has 2 aromatic carbocycles. The highest BCUT2D eigenvalue weighted by molar-refractivity contribution is 6.35. The Hall–Kier alpha value is -2.78. The number of nitrogens with zero attached hydrogens (tertiary/aromatic N) is 5. The van der Waals surface area contributed by atoms with Gasteiger partial charge in [0.1, 0.15) is 11.9 Å². The van der Waals surface area contributed by atoms with Gasteiger partial charge in [-0.05, 0) is 54.3 Å². The number of aromatic nitrogens is 2. The minimum absolute atomic E-state index is 0.661. The second kappa shape index (κ2) is 8.87. The Labute approximate surface area is 203 Å². The van der Waals surface area contributed by atoms with E-state index in [1.807, 2.05) is 36.4 Å². The van der Waals surface area contributed by atoms with Gasteiger partial charge in [0.2, 0.25) is 0 Å². The number of imidazole rings is 1. The molecule has 3 heterocycles. The highest BCUT2D eigenvalue weighted by atomic mass is 35.5. The monoisotopic (exact) mass is 477 g/mol. The Bertz CT molecular complexity index is 1390. The zero-order valence-electron chi connectivity index (χ0n) is 18.8. The summed E-state index contributed by atoms with van der Waals surface area (Å²) in [5.74, 6) is 1.17. The van der Waals surface area contributed by atoms with E-state index in [2.05, 4.69) is 40.2 Å². The van der Waals surface area contributed by atoms with Crippen molar-refractivity contribution in [3.8, 4) is 6.07 Å². The van der Waals surface area contributed by atoms with Gasteiger partial charge in [0, 0.05) is 42.8 Å². The van der Waals surface area contributed by atoms with Gasteiger partial charge in [0.05, 0.1) is 16.6 Å². The first kappa shape index (κ1) is 22.0. The number of halogens is 2. The van der Waals surface area contributed by atoms with E-state index in [-0.39, 0.29) is 0 Å². The Morgan fingerprint density at radius 3 is 2.52 bits per heavy atom. The molecular weight excluding hydrogens is 453 g/mol. The molecule has 0 amide bonds. The molecule has 0 unspecified atom stereocenters. The van der Waals surface area contributed by atoms with Crippen LogP contribution in [0, 0.1) is 18.3 Å². The number of piperazine rings is 1. The van der Waals surface area contributed by atoms with E-state index < -0.39 is 0 Å². The van der Waals surface area contributed by atoms with Crippen molar-refractivity contribution in [1.82, 2.24) is 14.3 Å². The lowest BCUT2D eigenvalue weighted by Crippen LogP contribution is -2.47. The van der Waals surface area contributed by atoms with Crippen LogP contribution < -0.4 is 4.90 Å². The van der Waals surface area contributed by atoms with Crippen LogP contribution in [-0.4, -0.2) is 40.5 Å². The van der Waals surface area contributed by atoms with Crippen molar-refractivity contribution in [2.45, 2.75) is 26.8 Å². The number of anilines is 1. The van der Waals surface area contributed by atoms with Gasteiger partial charge in [0.15, 0.2) is 5.65 Å². The van der Waals surface area contributed by atoms with Crippen LogP contribution in [0.15, 0.2) is 42.5 Å². The second-order valence-corrected chi connectivity index (χ2v) is 9.37. The highest BCUT2D eigenvalue weighted by Gasteiger charge is 2.26. The lowest BCUT2D eigenvalue weighted by Gasteiger charge is -2.37. The van der Waals surface area contributed by atoms with Gasteiger partial charge in [0.25, 0.3) is 0 Å². The highest BCUT2D eigenvalue weighted by Crippen LogP contribution is 2.34. The van der Waals surface area contributed by atoms with Crippen LogP contribution in [0.4, 0.5) is 5.82 Å². The molecule has 0 N–H and O–H groups in total. The summed E-state index contributed by atoms with van der Waals surface area (Å²) in [5.41, 5.74) is 6.73. The van der Waals surface area contributed by atoms with E-state index in [0.717, 1.165) is 67.0 Å². The summed E-state index contributed by atoms with van der Waals surface area (Å²) >= 11 is 12.5. The van der Waals surface area contributed by atoms with Gasteiger partial charge < -0.3 is 4.90 Å². The van der Waals surface area contributed by atoms with Gasteiger partial charge >= 0.3 is 0 Å². The lowest BCUT2D eigenvalue weighted by atomic mass is 10.0. The van der Waals surface area contributed by atoms with Crippen LogP contribution in [0.1, 0.15) is 29.2 Å². The average molecular weight is 478 g/mol. The van der Waals surface area contributed by atoms with E-state index in [9.17, 15) is 5.26 Å². The van der Waals surface area contributed by atoms with E-state index in [0.29, 0.717) is 15.6 Å². The molecule has 0 atom stereocenters. The van der Waals surface area contributed by atoms with E-state index in [1.165, 1.54) is 11.4 Å². The number of fused-ring (bicyclic) bond motifs is 3. The number of para-hydroxylation sites is 2. The fourth-order valence-electron chi connectivity index (χ4n) is 4.93. The Morgan fingerprint density at radius 2 is 1.82 bits per heavy atom. The van der Waals surface area contributed by atoms with Gasteiger partial charge in [-0.25, -0.2) is 4.98 Å². The van der Waals surface area contributed by atoms with Crippen LogP contribution in [0.2, 0.25) is 10.0 Å². The summed E-state index contributed by atoms with van der Waals surface area (Å²) < 4.78 is 2.20. The molecule has 0 radical (unpaired) electrons. The molecule has 2 aromatic heterocycles. The molecule has 7 heteroatoms. The third-order valence-corrected chi connectivity index (χ3v) is 7.23. The van der Waals surface area contributed by atoms with Crippen molar-refractivity contribution >= 4 is 45.7 Å². The van der Waals surface area contributed by atoms with E-state index in [1.54, 1.807) is 0 Å². The number of benzene rings is 2. The number of nitriles is 1. The van der Waals surface area contributed by atoms with Gasteiger partial charge in [-0.1, -0.05) is 48.3 Å². The van der Waals surface area contributed by atoms with Crippen molar-refractivity contribution in [2.75, 3.05) is 31.1 Å². The fourth-order valence-corrected chi connectivity index (χ4v) is 5.40. The first-order valence-corrected chi connectivity index (χ1v) is 12.0. The Kier molecular flexibility index (Phi) is 5.92. The van der Waals surface area contributed by atoms with E-state index in [4.69, 9.17) is 28.2 Å². The molecule has 0 saturated carbocycles. The average Bonchev–Trinajstić information content (AvgIpc) is 3.19. The number of hydrogen-bond acceptors (Lipinski definition) is 4. The van der Waals surface area contributed by atoms with Crippen LogP contribution >= 0.6 is 23.2 Å². The quantitative estimate of drug-likeness (QED) is 0.369. The Morgan fingerprint density at radius 1 is 1.06 bits per heavy atom. The molecule has 1 aliphatic heterocycles. The summed E-state index contributed by atoms with van der Waals surface area (Å²) in [7, 11) is 0. The summed E-state index contributed by atoms with van der Waals surface area (Å²) in [6, 6.07) is 16.3. The topological polar surface area (TPSA) is 47.6 Å². The van der Waals surface area contributed by atoms with Crippen molar-refractivity contribution in [1.29, 1.82) is 5.26 Å². The zero-order valence-corrected chi connectivity index (χ0v) is 20.3. The number of rotatable bonds is 4. The maximum atomic E-state index is 9.93. The second-order valence-electron chi connectivity index (χ2n) is 8.53. The molecule has 0 spiro atoms. The minimum Gasteiger partial charge on any atom is -0.355 e. The first-order chi connectivity index (χ1) is 16.0. The van der Waals surface area contributed by atoms with Crippen LogP contribution in [-0.2, 0) is 13.0 Å². The fraction of sp³-hybridized carbons (Fsp3) is 0.308. The summed E-state index contributed by atoms with van der Waals surface area (Å²) in [6.45, 7) is 8.66. The normalized spacial score (nSPS) is 14.8. The van der Waals surface area contributed by atoms with Gasteiger partial charge in [-0.3, -0.25) is 9.30 Å². The molecule has 0 aliphatic carbocycles. The molecular formula is C26H25Cl2N5. The molecule has 5 nitrogen and oxygen atoms in total. The van der Waals surface area contributed by atoms with Crippen molar-refractivity contribution in [2.24, 2.45) is 0 Å². The molecule has 4 aromatic rings. The van der Waals surface area contributed by atoms with E-state index >= 15 is 0 Å². The smallest absolute Gasteiger partial charge is 0.157 e. The minimum atomic E-state index is 0.661. The van der Waals surface area contributed by atoms with Crippen LogP contribution in [0.3, 0.4) is 0 Å². The molecule has 168 valence electrons. The van der Waals surface area contributed by atoms with Gasteiger partial charge in [-0.15, -0.1) is 0 Å². The van der Waals surface area contributed by atoms with Crippen LogP contribution in [0.5, 0.6) is 0 Å². The largest absolute Gasteiger partial charge is 0.355 e. The number of hydrogen-bond donors (Lipinski definition) is 0. The molecule has 1 saturated heterocycles. The predicted molar refractivity (Wildman–Crippen MR) is 135 cm³/mol. The van der Waals surface area contributed by atoms with Crippen molar-refractivity contribution < 1.29 is 0 Å². The van der Waals surface area contributed by atoms with Crippen LogP contribution in [0.25, 0.3) is 16.7 Å². The lowest BCUT2D eigenvalue weighted by molar-refractivity contribution is 0.249. The molecule has 33 heavy (non-hydrogen) atoms. The zero-order chi connectivity index (χ0) is 23.1. The molecule has 1 fully saturated rings. The van der Waals surface area contributed by atoms with Crippen molar-refractivity contribution in [3.63, 3.8) is 0 Å². The maximum absolute atomic E-state index is 9.93. The summed E-state index contributed by atoms with van der Waals surface area (Å²) in [6.07, 6.45) is 0.860. The molecule has 0 bridgehead atoms. The summed E-state index contributed by atoms with van der Waals surface area (Å²) in [4.78, 5) is 9.72. The maximum Gasteiger partial charge on any atom is 0.157 e.